The molecule has 0 spiro atoms. The van der Waals surface area contributed by atoms with E-state index in [-0.39, 0.29) is 0 Å². The molecule has 0 unspecified atom stereocenters. The van der Waals surface area contributed by atoms with E-state index in [9.17, 15) is 0 Å². The van der Waals surface area contributed by atoms with Crippen molar-refractivity contribution < 1.29 is 9.47 Å². The monoisotopic (exact) mass is 406 g/mol. The number of benzene rings is 1. The highest BCUT2D eigenvalue weighted by Crippen LogP contribution is 2.35. The molecule has 0 fully saturated rings. The van der Waals surface area contributed by atoms with Crippen molar-refractivity contribution in [2.75, 3.05) is 25.1 Å². The highest BCUT2D eigenvalue weighted by molar-refractivity contribution is 7.25. The summed E-state index contributed by atoms with van der Waals surface area (Å²) >= 11 is 1.66. The Kier molecular flexibility index (Phi) is 4.89. The summed E-state index contributed by atoms with van der Waals surface area (Å²) < 4.78 is 12.3. The molecule has 7 heteroatoms. The minimum atomic E-state index is 0.605. The van der Waals surface area contributed by atoms with Gasteiger partial charge >= 0.3 is 0 Å². The molecule has 0 saturated carbocycles. The van der Waals surface area contributed by atoms with E-state index in [1.54, 1.807) is 17.7 Å². The molecular formula is C22H22N4O2S. The second-order valence-electron chi connectivity index (χ2n) is 7.06. The first kappa shape index (κ1) is 18.1. The molecule has 5 rings (SSSR count). The third-order valence-corrected chi connectivity index (χ3v) is 6.09. The second kappa shape index (κ2) is 7.83. The number of aryl methyl sites for hydroxylation is 1. The summed E-state index contributed by atoms with van der Waals surface area (Å²) in [7, 11) is 0. The Balaban J connectivity index is 1.35. The molecule has 148 valence electrons. The molecule has 4 heterocycles. The Morgan fingerprint density at radius 3 is 2.83 bits per heavy atom. The molecule has 0 amide bonds. The van der Waals surface area contributed by atoms with Gasteiger partial charge < -0.3 is 14.8 Å². The van der Waals surface area contributed by atoms with Crippen LogP contribution in [0.15, 0.2) is 36.7 Å². The number of aromatic nitrogens is 3. The van der Waals surface area contributed by atoms with E-state index >= 15 is 0 Å². The minimum absolute atomic E-state index is 0.605. The molecule has 3 aromatic heterocycles. The Hall–Kier alpha value is -2.93. The van der Waals surface area contributed by atoms with Crippen molar-refractivity contribution in [3.05, 3.63) is 47.9 Å². The standard InChI is InChI=1S/C22H22N4O2S/c1-2-3-15-5-6-16-19-20(29-22(16)26-15)21(25-13-24-19)23-9-8-14-4-7-17-18(12-14)28-11-10-27-17/h4-7,12-13H,2-3,8-11H2,1H3,(H,23,24,25). The molecule has 1 aliphatic rings. The van der Waals surface area contributed by atoms with Gasteiger partial charge in [0.2, 0.25) is 0 Å². The van der Waals surface area contributed by atoms with Gasteiger partial charge in [-0.05, 0) is 42.7 Å². The summed E-state index contributed by atoms with van der Waals surface area (Å²) in [6.45, 7) is 4.16. The van der Waals surface area contributed by atoms with Crippen molar-refractivity contribution in [3.8, 4) is 11.5 Å². The van der Waals surface area contributed by atoms with Gasteiger partial charge in [0.25, 0.3) is 0 Å². The van der Waals surface area contributed by atoms with Crippen LogP contribution in [-0.2, 0) is 12.8 Å². The summed E-state index contributed by atoms with van der Waals surface area (Å²) in [4.78, 5) is 14.8. The zero-order valence-electron chi connectivity index (χ0n) is 16.3. The van der Waals surface area contributed by atoms with Crippen LogP contribution in [0.25, 0.3) is 20.4 Å². The predicted octanol–water partition coefficient (Wildman–Crippen LogP) is 4.62. The normalized spacial score (nSPS) is 13.1. The lowest BCUT2D eigenvalue weighted by molar-refractivity contribution is 0.171. The van der Waals surface area contributed by atoms with E-state index in [0.29, 0.717) is 13.2 Å². The van der Waals surface area contributed by atoms with Gasteiger partial charge in [-0.2, -0.15) is 0 Å². The largest absolute Gasteiger partial charge is 0.486 e. The molecule has 4 aromatic rings. The second-order valence-corrected chi connectivity index (χ2v) is 8.06. The molecule has 0 atom stereocenters. The average molecular weight is 407 g/mol. The molecule has 0 bridgehead atoms. The topological polar surface area (TPSA) is 69.2 Å². The summed E-state index contributed by atoms with van der Waals surface area (Å²) in [5.41, 5.74) is 3.30. The Bertz CT molecular complexity index is 1170. The number of pyridine rings is 1. The number of rotatable bonds is 6. The number of nitrogens with zero attached hydrogens (tertiary/aromatic N) is 3. The zero-order chi connectivity index (χ0) is 19.6. The van der Waals surface area contributed by atoms with Crippen molar-refractivity contribution in [1.29, 1.82) is 0 Å². The molecular weight excluding hydrogens is 384 g/mol. The molecule has 1 N–H and O–H groups in total. The molecule has 0 aliphatic carbocycles. The number of ether oxygens (including phenoxy) is 2. The SMILES string of the molecule is CCCc1ccc2c(n1)sc1c(NCCc3ccc4c(c3)OCCO4)ncnc12. The fourth-order valence-corrected chi connectivity index (χ4v) is 4.70. The smallest absolute Gasteiger partial charge is 0.161 e. The highest BCUT2D eigenvalue weighted by Gasteiger charge is 2.14. The van der Waals surface area contributed by atoms with E-state index in [2.05, 4.69) is 46.5 Å². The Labute approximate surface area is 172 Å². The van der Waals surface area contributed by atoms with Gasteiger partial charge in [0.15, 0.2) is 11.5 Å². The van der Waals surface area contributed by atoms with E-state index < -0.39 is 0 Å². The van der Waals surface area contributed by atoms with E-state index in [1.807, 2.05) is 6.07 Å². The van der Waals surface area contributed by atoms with Crippen molar-refractivity contribution in [3.63, 3.8) is 0 Å². The molecule has 1 aromatic carbocycles. The van der Waals surface area contributed by atoms with Crippen LogP contribution in [0, 0.1) is 0 Å². The van der Waals surface area contributed by atoms with Gasteiger partial charge in [-0.1, -0.05) is 19.4 Å². The zero-order valence-corrected chi connectivity index (χ0v) is 17.1. The van der Waals surface area contributed by atoms with Crippen LogP contribution in [0.5, 0.6) is 11.5 Å². The van der Waals surface area contributed by atoms with Crippen LogP contribution >= 0.6 is 11.3 Å². The van der Waals surface area contributed by atoms with Crippen LogP contribution < -0.4 is 14.8 Å². The van der Waals surface area contributed by atoms with E-state index in [0.717, 1.165) is 69.3 Å². The molecule has 29 heavy (non-hydrogen) atoms. The summed E-state index contributed by atoms with van der Waals surface area (Å²) in [6, 6.07) is 10.4. The number of nitrogens with one attached hydrogen (secondary N) is 1. The fraction of sp³-hybridized carbons (Fsp3) is 0.318. The maximum absolute atomic E-state index is 5.68. The summed E-state index contributed by atoms with van der Waals surface area (Å²) in [5.74, 6) is 2.52. The molecule has 6 nitrogen and oxygen atoms in total. The number of hydrogen-bond acceptors (Lipinski definition) is 7. The lowest BCUT2D eigenvalue weighted by Gasteiger charge is -2.18. The third kappa shape index (κ3) is 3.58. The fourth-order valence-electron chi connectivity index (χ4n) is 3.59. The van der Waals surface area contributed by atoms with E-state index in [4.69, 9.17) is 14.5 Å². The van der Waals surface area contributed by atoms with Crippen molar-refractivity contribution >= 4 is 37.6 Å². The van der Waals surface area contributed by atoms with Gasteiger partial charge in [-0.3, -0.25) is 0 Å². The van der Waals surface area contributed by atoms with Crippen LogP contribution in [-0.4, -0.2) is 34.7 Å². The quantitative estimate of drug-likeness (QED) is 0.504. The van der Waals surface area contributed by atoms with Gasteiger partial charge in [0, 0.05) is 17.6 Å². The van der Waals surface area contributed by atoms with Gasteiger partial charge in [-0.25, -0.2) is 15.0 Å². The first-order chi connectivity index (χ1) is 14.3. The first-order valence-corrected chi connectivity index (χ1v) is 10.8. The third-order valence-electron chi connectivity index (χ3n) is 4.99. The molecule has 0 saturated heterocycles. The number of hydrogen-bond donors (Lipinski definition) is 1. The van der Waals surface area contributed by atoms with Gasteiger partial charge in [0.05, 0.1) is 10.2 Å². The summed E-state index contributed by atoms with van der Waals surface area (Å²) in [5, 5.41) is 4.58. The minimum Gasteiger partial charge on any atom is -0.486 e. The van der Waals surface area contributed by atoms with Crippen molar-refractivity contribution in [1.82, 2.24) is 15.0 Å². The number of anilines is 1. The van der Waals surface area contributed by atoms with Gasteiger partial charge in [0.1, 0.15) is 30.2 Å². The van der Waals surface area contributed by atoms with Crippen molar-refractivity contribution in [2.45, 2.75) is 26.2 Å². The molecule has 0 radical (unpaired) electrons. The number of fused-ring (bicyclic) bond motifs is 4. The summed E-state index contributed by atoms with van der Waals surface area (Å²) in [6.07, 6.45) is 4.58. The lowest BCUT2D eigenvalue weighted by Crippen LogP contribution is -2.15. The number of thiophene rings is 1. The van der Waals surface area contributed by atoms with Crippen LogP contribution in [0.4, 0.5) is 5.82 Å². The highest BCUT2D eigenvalue weighted by atomic mass is 32.1. The predicted molar refractivity (Wildman–Crippen MR) is 116 cm³/mol. The maximum Gasteiger partial charge on any atom is 0.161 e. The Morgan fingerprint density at radius 1 is 1.03 bits per heavy atom. The molecule has 1 aliphatic heterocycles. The lowest BCUT2D eigenvalue weighted by atomic mass is 10.1. The van der Waals surface area contributed by atoms with E-state index in [1.165, 1.54) is 5.56 Å². The average Bonchev–Trinajstić information content (AvgIpc) is 3.13. The first-order valence-electron chi connectivity index (χ1n) is 9.97. The maximum atomic E-state index is 5.68. The van der Waals surface area contributed by atoms with Crippen LogP contribution in [0.3, 0.4) is 0 Å². The Morgan fingerprint density at radius 2 is 1.93 bits per heavy atom. The van der Waals surface area contributed by atoms with Crippen LogP contribution in [0.2, 0.25) is 0 Å². The van der Waals surface area contributed by atoms with Crippen molar-refractivity contribution in [2.24, 2.45) is 0 Å². The van der Waals surface area contributed by atoms with Crippen LogP contribution in [0.1, 0.15) is 24.6 Å². The van der Waals surface area contributed by atoms with Gasteiger partial charge in [-0.15, -0.1) is 11.3 Å².